The van der Waals surface area contributed by atoms with Crippen LogP contribution in [0.25, 0.3) is 11.0 Å². The maximum atomic E-state index is 12.7. The lowest BCUT2D eigenvalue weighted by atomic mass is 9.54. The minimum atomic E-state index is -3.65. The molecule has 1 aromatic carbocycles. The third kappa shape index (κ3) is 3.25. The molecule has 2 aromatic rings. The molecule has 0 radical (unpaired) electrons. The summed E-state index contributed by atoms with van der Waals surface area (Å²) in [6.45, 7) is 0.660. The number of rotatable bonds is 6. The van der Waals surface area contributed by atoms with Crippen molar-refractivity contribution in [1.82, 2.24) is 13.9 Å². The summed E-state index contributed by atoms with van der Waals surface area (Å²) >= 11 is 0. The smallest absolute Gasteiger partial charge is 0.328 e. The zero-order valence-electron chi connectivity index (χ0n) is 17.1. The molecule has 4 aliphatic carbocycles. The third-order valence-corrected chi connectivity index (χ3v) is 8.80. The highest BCUT2D eigenvalue weighted by Crippen LogP contribution is 2.57. The molecule has 8 heteroatoms. The topological polar surface area (TPSA) is 82.3 Å². The van der Waals surface area contributed by atoms with E-state index < -0.39 is 10.0 Å². The summed E-state index contributed by atoms with van der Waals surface area (Å²) in [7, 11) is -0.329. The predicted molar refractivity (Wildman–Crippen MR) is 110 cm³/mol. The van der Waals surface area contributed by atoms with Crippen LogP contribution in [0.5, 0.6) is 0 Å². The molecule has 1 N–H and O–H groups in total. The number of sulfonamides is 1. The van der Waals surface area contributed by atoms with Crippen LogP contribution in [-0.2, 0) is 28.9 Å². The molecular weight excluding hydrogens is 390 g/mol. The summed E-state index contributed by atoms with van der Waals surface area (Å²) in [5, 5.41) is 0. The third-order valence-electron chi connectivity index (χ3n) is 7.34. The average molecular weight is 420 g/mol. The van der Waals surface area contributed by atoms with Crippen molar-refractivity contribution >= 4 is 21.1 Å². The number of aryl methyl sites for hydroxylation is 2. The molecule has 4 saturated carbocycles. The summed E-state index contributed by atoms with van der Waals surface area (Å²) in [6.07, 6.45) is 7.51. The molecule has 0 unspecified atom stereocenters. The SMILES string of the molecule is Cn1c(=O)n(C)c2cc(S(=O)(=O)NCCOC34CC5CC(CC(C5)C3)C4)ccc21. The van der Waals surface area contributed by atoms with Gasteiger partial charge in [0.15, 0.2) is 0 Å². The Balaban J connectivity index is 1.24. The minimum absolute atomic E-state index is 0.0125. The lowest BCUT2D eigenvalue weighted by Crippen LogP contribution is -2.52. The van der Waals surface area contributed by atoms with E-state index in [1.165, 1.54) is 28.4 Å². The quantitative estimate of drug-likeness (QED) is 0.728. The van der Waals surface area contributed by atoms with Gasteiger partial charge in [0, 0.05) is 20.6 Å². The number of hydrogen-bond acceptors (Lipinski definition) is 4. The van der Waals surface area contributed by atoms with Crippen LogP contribution in [0.2, 0.25) is 0 Å². The van der Waals surface area contributed by atoms with Crippen molar-refractivity contribution in [1.29, 1.82) is 0 Å². The molecular formula is C21H29N3O4S. The summed E-state index contributed by atoms with van der Waals surface area (Å²) in [5.41, 5.74) is 1.12. The second-order valence-electron chi connectivity index (χ2n) is 9.40. The van der Waals surface area contributed by atoms with Crippen molar-refractivity contribution in [3.8, 4) is 0 Å². The van der Waals surface area contributed by atoms with Crippen molar-refractivity contribution in [3.63, 3.8) is 0 Å². The molecule has 0 saturated heterocycles. The van der Waals surface area contributed by atoms with Crippen molar-refractivity contribution < 1.29 is 13.2 Å². The van der Waals surface area contributed by atoms with Crippen LogP contribution in [0.1, 0.15) is 38.5 Å². The van der Waals surface area contributed by atoms with Crippen molar-refractivity contribution in [2.75, 3.05) is 13.2 Å². The van der Waals surface area contributed by atoms with Crippen molar-refractivity contribution in [3.05, 3.63) is 28.7 Å². The molecule has 0 atom stereocenters. The van der Waals surface area contributed by atoms with E-state index in [2.05, 4.69) is 4.72 Å². The average Bonchev–Trinajstić information content (AvgIpc) is 2.88. The first kappa shape index (κ1) is 19.3. The molecule has 4 fully saturated rings. The Morgan fingerprint density at radius 2 is 1.62 bits per heavy atom. The van der Waals surface area contributed by atoms with Gasteiger partial charge in [0.05, 0.1) is 28.1 Å². The first-order valence-corrected chi connectivity index (χ1v) is 12.0. The normalized spacial score (nSPS) is 31.0. The first-order valence-electron chi connectivity index (χ1n) is 10.6. The van der Waals surface area contributed by atoms with Gasteiger partial charge < -0.3 is 4.74 Å². The number of hydrogen-bond donors (Lipinski definition) is 1. The summed E-state index contributed by atoms with van der Waals surface area (Å²) < 4.78 is 37.4. The van der Waals surface area contributed by atoms with Gasteiger partial charge in [-0.25, -0.2) is 17.9 Å². The Labute approximate surface area is 171 Å². The van der Waals surface area contributed by atoms with E-state index in [1.807, 2.05) is 0 Å². The number of fused-ring (bicyclic) bond motifs is 1. The second kappa shape index (κ2) is 6.68. The largest absolute Gasteiger partial charge is 0.374 e. The highest BCUT2D eigenvalue weighted by molar-refractivity contribution is 7.89. The van der Waals surface area contributed by atoms with E-state index >= 15 is 0 Å². The van der Waals surface area contributed by atoms with Crippen LogP contribution in [0.15, 0.2) is 27.9 Å². The molecule has 6 rings (SSSR count). The van der Waals surface area contributed by atoms with Gasteiger partial charge in [0.25, 0.3) is 0 Å². The second-order valence-corrected chi connectivity index (χ2v) is 11.2. The molecule has 1 aromatic heterocycles. The maximum Gasteiger partial charge on any atom is 0.328 e. The van der Waals surface area contributed by atoms with Crippen LogP contribution in [-0.4, -0.2) is 36.3 Å². The Morgan fingerprint density at radius 1 is 1.03 bits per heavy atom. The van der Waals surface area contributed by atoms with Crippen molar-refractivity contribution in [2.45, 2.75) is 49.0 Å². The Morgan fingerprint density at radius 3 is 2.24 bits per heavy atom. The van der Waals surface area contributed by atoms with Gasteiger partial charge in [-0.05, 0) is 74.5 Å². The fourth-order valence-electron chi connectivity index (χ4n) is 6.39. The zero-order valence-corrected chi connectivity index (χ0v) is 17.9. The van der Waals surface area contributed by atoms with Crippen LogP contribution >= 0.6 is 0 Å². The fourth-order valence-corrected chi connectivity index (χ4v) is 7.42. The molecule has 29 heavy (non-hydrogen) atoms. The molecule has 1 heterocycles. The standard InChI is InChI=1S/C21H29N3O4S/c1-23-18-4-3-17(10-19(18)24(2)20(23)25)29(26,27)22-5-6-28-21-11-14-7-15(12-21)9-16(8-14)13-21/h3-4,10,14-16,22H,5-9,11-13H2,1-2H3. The molecule has 158 valence electrons. The van der Waals surface area contributed by atoms with Crippen LogP contribution in [0.4, 0.5) is 0 Å². The number of ether oxygens (including phenoxy) is 1. The highest BCUT2D eigenvalue weighted by Gasteiger charge is 2.51. The molecule has 4 bridgehead atoms. The number of nitrogens with zero attached hydrogens (tertiary/aromatic N) is 2. The van der Waals surface area contributed by atoms with Crippen LogP contribution in [0, 0.1) is 17.8 Å². The minimum Gasteiger partial charge on any atom is -0.374 e. The van der Waals surface area contributed by atoms with Gasteiger partial charge >= 0.3 is 5.69 Å². The number of benzene rings is 1. The first-order chi connectivity index (χ1) is 13.8. The Hall–Kier alpha value is -1.64. The monoisotopic (exact) mass is 419 g/mol. The van der Waals surface area contributed by atoms with E-state index in [1.54, 1.807) is 32.3 Å². The number of imidazole rings is 1. The maximum absolute atomic E-state index is 12.7. The number of nitrogens with one attached hydrogen (secondary N) is 1. The molecule has 0 amide bonds. The van der Waals surface area contributed by atoms with Gasteiger partial charge in [0.1, 0.15) is 0 Å². The van der Waals surface area contributed by atoms with Gasteiger partial charge in [0.2, 0.25) is 10.0 Å². The van der Waals surface area contributed by atoms with Gasteiger partial charge in [-0.2, -0.15) is 0 Å². The summed E-state index contributed by atoms with van der Waals surface area (Å²) in [4.78, 5) is 12.2. The molecule has 0 aliphatic heterocycles. The van der Waals surface area contributed by atoms with E-state index in [0.29, 0.717) is 17.6 Å². The summed E-state index contributed by atoms with van der Waals surface area (Å²) in [5.74, 6) is 2.42. The van der Waals surface area contributed by atoms with Gasteiger partial charge in [-0.3, -0.25) is 9.13 Å². The van der Waals surface area contributed by atoms with Crippen molar-refractivity contribution in [2.24, 2.45) is 31.8 Å². The lowest BCUT2D eigenvalue weighted by Gasteiger charge is -2.56. The molecule has 4 aliphatic rings. The van der Waals surface area contributed by atoms with E-state index in [-0.39, 0.29) is 22.7 Å². The Kier molecular flexibility index (Phi) is 4.46. The molecule has 0 spiro atoms. The van der Waals surface area contributed by atoms with Crippen LogP contribution in [0.3, 0.4) is 0 Å². The van der Waals surface area contributed by atoms with Crippen LogP contribution < -0.4 is 10.4 Å². The van der Waals surface area contributed by atoms with Gasteiger partial charge in [-0.1, -0.05) is 0 Å². The lowest BCUT2D eigenvalue weighted by molar-refractivity contribution is -0.160. The van der Waals surface area contributed by atoms with E-state index in [0.717, 1.165) is 37.0 Å². The fraction of sp³-hybridized carbons (Fsp3) is 0.667. The summed E-state index contributed by atoms with van der Waals surface area (Å²) in [6, 6.07) is 4.78. The van der Waals surface area contributed by atoms with Gasteiger partial charge in [-0.15, -0.1) is 0 Å². The van der Waals surface area contributed by atoms with E-state index in [9.17, 15) is 13.2 Å². The molecule has 7 nitrogen and oxygen atoms in total. The number of aromatic nitrogens is 2. The predicted octanol–water partition coefficient (Wildman–Crippen LogP) is 2.14. The zero-order chi connectivity index (χ0) is 20.4. The highest BCUT2D eigenvalue weighted by atomic mass is 32.2. The Bertz CT molecular complexity index is 1080. The van der Waals surface area contributed by atoms with E-state index in [4.69, 9.17) is 4.74 Å².